The summed E-state index contributed by atoms with van der Waals surface area (Å²) in [6.45, 7) is 7.48. The van der Waals surface area contributed by atoms with Gasteiger partial charge in [0, 0.05) is 23.2 Å². The summed E-state index contributed by atoms with van der Waals surface area (Å²) in [6.07, 6.45) is 10.6. The van der Waals surface area contributed by atoms with Gasteiger partial charge in [0.2, 0.25) is 0 Å². The van der Waals surface area contributed by atoms with Gasteiger partial charge in [-0.25, -0.2) is 9.07 Å². The second kappa shape index (κ2) is 9.82. The summed E-state index contributed by atoms with van der Waals surface area (Å²) in [5.74, 6) is 0.167. The quantitative estimate of drug-likeness (QED) is 0.679. The first-order chi connectivity index (χ1) is 15.5. The Kier molecular flexibility index (Phi) is 6.89. The first kappa shape index (κ1) is 22.5. The third kappa shape index (κ3) is 4.70. The number of hydrogen-bond donors (Lipinski definition) is 2. The van der Waals surface area contributed by atoms with Crippen molar-refractivity contribution in [1.82, 2.24) is 20.4 Å². The van der Waals surface area contributed by atoms with Gasteiger partial charge < -0.3 is 10.6 Å². The van der Waals surface area contributed by atoms with E-state index in [2.05, 4.69) is 42.6 Å². The maximum atomic E-state index is 13.5. The van der Waals surface area contributed by atoms with Crippen LogP contribution in [0.3, 0.4) is 0 Å². The van der Waals surface area contributed by atoms with Crippen molar-refractivity contribution in [3.8, 4) is 5.69 Å². The van der Waals surface area contributed by atoms with E-state index >= 15 is 0 Å². The molecule has 1 saturated heterocycles. The number of aromatic nitrogens is 2. The molecule has 6 heteroatoms. The zero-order valence-corrected chi connectivity index (χ0v) is 19.2. The number of benzene rings is 1. The predicted molar refractivity (Wildman–Crippen MR) is 127 cm³/mol. The molecule has 4 rings (SSSR count). The van der Waals surface area contributed by atoms with Crippen molar-refractivity contribution >= 4 is 17.6 Å². The lowest BCUT2D eigenvalue weighted by molar-refractivity contribution is -0.116. The molecular formula is C26H33FN4O. The molecule has 1 amide bonds. The van der Waals surface area contributed by atoms with Crippen LogP contribution < -0.4 is 10.6 Å². The zero-order valence-electron chi connectivity index (χ0n) is 19.2. The van der Waals surface area contributed by atoms with Crippen molar-refractivity contribution in [1.29, 1.82) is 0 Å². The number of hydrogen-bond acceptors (Lipinski definition) is 3. The Balaban J connectivity index is 1.63. The monoisotopic (exact) mass is 436 g/mol. The van der Waals surface area contributed by atoms with Crippen molar-refractivity contribution in [3.05, 3.63) is 59.2 Å². The molecule has 32 heavy (non-hydrogen) atoms. The Labute approximate surface area is 189 Å². The molecule has 3 unspecified atom stereocenters. The summed E-state index contributed by atoms with van der Waals surface area (Å²) in [6, 6.07) is 6.92. The van der Waals surface area contributed by atoms with Gasteiger partial charge in [-0.1, -0.05) is 25.5 Å². The molecule has 3 atom stereocenters. The Morgan fingerprint density at radius 1 is 1.31 bits per heavy atom. The average Bonchev–Trinajstić information content (AvgIpc) is 3.10. The highest BCUT2D eigenvalue weighted by atomic mass is 19.1. The third-order valence-electron chi connectivity index (χ3n) is 6.77. The normalized spacial score (nSPS) is 21.8. The number of allylic oxidation sites excluding steroid dienone is 2. The molecule has 2 heterocycles. The van der Waals surface area contributed by atoms with Crippen LogP contribution in [-0.2, 0) is 4.79 Å². The number of fused-ring (bicyclic) bond motifs is 1. The Bertz CT molecular complexity index is 1020. The largest absolute Gasteiger partial charge is 0.349 e. The second-order valence-corrected chi connectivity index (χ2v) is 8.94. The second-order valence-electron chi connectivity index (χ2n) is 8.94. The van der Waals surface area contributed by atoms with Gasteiger partial charge in [-0.15, -0.1) is 0 Å². The molecule has 2 aliphatic rings. The van der Waals surface area contributed by atoms with Crippen LogP contribution in [0, 0.1) is 11.7 Å². The van der Waals surface area contributed by atoms with Crippen LogP contribution in [0.15, 0.2) is 42.1 Å². The fourth-order valence-electron chi connectivity index (χ4n) is 4.88. The Hall–Kier alpha value is -2.73. The standard InChI is InChI=1S/C26H33FN4O/c1-4-18-6-11-22(26(32)30-24(5-2)19-12-13-28-17(3)14-19)23-16-29-31(25(23)15-18)21-9-7-20(27)8-10-21/h7-11,15-17,19,24,28H,4-6,12-14H2,1-3H3,(H,30,32). The van der Waals surface area contributed by atoms with E-state index in [1.807, 2.05) is 6.08 Å². The van der Waals surface area contributed by atoms with Crippen LogP contribution in [0.5, 0.6) is 0 Å². The van der Waals surface area contributed by atoms with Crippen LogP contribution in [-0.4, -0.2) is 34.3 Å². The lowest BCUT2D eigenvalue weighted by atomic mass is 9.85. The maximum Gasteiger partial charge on any atom is 0.251 e. The summed E-state index contributed by atoms with van der Waals surface area (Å²) >= 11 is 0. The first-order valence-electron chi connectivity index (χ1n) is 11.8. The molecular weight excluding hydrogens is 403 g/mol. The lowest BCUT2D eigenvalue weighted by Gasteiger charge is -2.34. The summed E-state index contributed by atoms with van der Waals surface area (Å²) in [7, 11) is 0. The van der Waals surface area contributed by atoms with Crippen molar-refractivity contribution in [2.24, 2.45) is 5.92 Å². The topological polar surface area (TPSA) is 59.0 Å². The molecule has 1 aliphatic carbocycles. The van der Waals surface area contributed by atoms with Gasteiger partial charge >= 0.3 is 0 Å². The summed E-state index contributed by atoms with van der Waals surface area (Å²) in [5.41, 5.74) is 4.38. The molecule has 1 aromatic heterocycles. The van der Waals surface area contributed by atoms with Gasteiger partial charge in [-0.2, -0.15) is 5.10 Å². The van der Waals surface area contributed by atoms with E-state index < -0.39 is 0 Å². The number of carbonyl (C=O) groups excluding carboxylic acids is 1. The fraction of sp³-hybridized carbons (Fsp3) is 0.462. The first-order valence-corrected chi connectivity index (χ1v) is 11.8. The summed E-state index contributed by atoms with van der Waals surface area (Å²) < 4.78 is 15.2. The highest BCUT2D eigenvalue weighted by Gasteiger charge is 2.29. The van der Waals surface area contributed by atoms with E-state index in [0.29, 0.717) is 17.5 Å². The molecule has 1 aliphatic heterocycles. The van der Waals surface area contributed by atoms with E-state index in [1.54, 1.807) is 23.0 Å². The maximum absolute atomic E-state index is 13.5. The lowest BCUT2D eigenvalue weighted by Crippen LogP contribution is -2.46. The predicted octanol–water partition coefficient (Wildman–Crippen LogP) is 4.87. The van der Waals surface area contributed by atoms with Gasteiger partial charge in [-0.3, -0.25) is 4.79 Å². The number of rotatable bonds is 6. The summed E-state index contributed by atoms with van der Waals surface area (Å²) in [4.78, 5) is 13.5. The van der Waals surface area contributed by atoms with E-state index in [9.17, 15) is 9.18 Å². The SMILES string of the molecule is CCC1=Cc2c(cnn2-c2ccc(F)cc2)C(C(=O)NC(CC)C2CCNC(C)C2)=CC1. The highest BCUT2D eigenvalue weighted by Crippen LogP contribution is 2.31. The smallest absolute Gasteiger partial charge is 0.251 e. The van der Waals surface area contributed by atoms with E-state index in [1.165, 1.54) is 17.7 Å². The van der Waals surface area contributed by atoms with Crippen LogP contribution in [0.1, 0.15) is 64.1 Å². The number of halogens is 1. The van der Waals surface area contributed by atoms with Crippen molar-refractivity contribution in [2.45, 2.75) is 65.0 Å². The van der Waals surface area contributed by atoms with Gasteiger partial charge in [0.1, 0.15) is 5.82 Å². The number of nitrogens with one attached hydrogen (secondary N) is 2. The van der Waals surface area contributed by atoms with Crippen molar-refractivity contribution < 1.29 is 9.18 Å². The molecule has 0 radical (unpaired) electrons. The van der Waals surface area contributed by atoms with Gasteiger partial charge in [0.25, 0.3) is 5.91 Å². The van der Waals surface area contributed by atoms with Gasteiger partial charge in [0.05, 0.1) is 17.6 Å². The van der Waals surface area contributed by atoms with Crippen LogP contribution in [0.25, 0.3) is 17.3 Å². The number of piperidine rings is 1. The molecule has 1 aromatic carbocycles. The van der Waals surface area contributed by atoms with E-state index in [4.69, 9.17) is 0 Å². The van der Waals surface area contributed by atoms with E-state index in [0.717, 1.165) is 55.6 Å². The molecule has 170 valence electrons. The molecule has 0 saturated carbocycles. The van der Waals surface area contributed by atoms with Crippen molar-refractivity contribution in [3.63, 3.8) is 0 Å². The number of carbonyl (C=O) groups is 1. The number of amides is 1. The highest BCUT2D eigenvalue weighted by molar-refractivity contribution is 6.20. The molecule has 5 nitrogen and oxygen atoms in total. The van der Waals surface area contributed by atoms with Crippen LogP contribution in [0.2, 0.25) is 0 Å². The van der Waals surface area contributed by atoms with Crippen LogP contribution in [0.4, 0.5) is 4.39 Å². The van der Waals surface area contributed by atoms with Gasteiger partial charge in [-0.05, 0) is 81.8 Å². The molecule has 0 bridgehead atoms. The van der Waals surface area contributed by atoms with Crippen molar-refractivity contribution in [2.75, 3.05) is 6.54 Å². The molecule has 2 aromatic rings. The minimum absolute atomic E-state index is 0.0336. The summed E-state index contributed by atoms with van der Waals surface area (Å²) in [5, 5.41) is 11.4. The zero-order chi connectivity index (χ0) is 22.7. The molecule has 2 N–H and O–H groups in total. The minimum Gasteiger partial charge on any atom is -0.349 e. The Morgan fingerprint density at radius 2 is 2.09 bits per heavy atom. The molecule has 1 fully saturated rings. The third-order valence-corrected chi connectivity index (χ3v) is 6.77. The average molecular weight is 437 g/mol. The minimum atomic E-state index is -0.283. The van der Waals surface area contributed by atoms with Crippen LogP contribution >= 0.6 is 0 Å². The Morgan fingerprint density at radius 3 is 2.78 bits per heavy atom. The number of nitrogens with zero attached hydrogens (tertiary/aromatic N) is 2. The van der Waals surface area contributed by atoms with Gasteiger partial charge in [0.15, 0.2) is 0 Å². The molecule has 0 spiro atoms. The fourth-order valence-corrected chi connectivity index (χ4v) is 4.88. The van der Waals surface area contributed by atoms with E-state index in [-0.39, 0.29) is 17.8 Å².